The number of hydrogen-bond donors (Lipinski definition) is 1. The highest BCUT2D eigenvalue weighted by atomic mass is 16.5. The van der Waals surface area contributed by atoms with E-state index in [4.69, 9.17) is 4.74 Å². The summed E-state index contributed by atoms with van der Waals surface area (Å²) in [5.74, 6) is 0.744. The molecule has 3 heteroatoms. The summed E-state index contributed by atoms with van der Waals surface area (Å²) in [6, 6.07) is 0. The minimum absolute atomic E-state index is 0.00185. The van der Waals surface area contributed by atoms with E-state index in [0.717, 1.165) is 19.0 Å². The van der Waals surface area contributed by atoms with Gasteiger partial charge in [0.1, 0.15) is 0 Å². The van der Waals surface area contributed by atoms with Gasteiger partial charge in [0.05, 0.1) is 11.7 Å². The molecule has 0 saturated carbocycles. The number of nitrogens with one attached hydrogen (secondary N) is 1. The van der Waals surface area contributed by atoms with Crippen LogP contribution in [0.25, 0.3) is 0 Å². The molecule has 2 heterocycles. The van der Waals surface area contributed by atoms with Gasteiger partial charge in [0.2, 0.25) is 0 Å². The molecule has 2 unspecified atom stereocenters. The highest BCUT2D eigenvalue weighted by Gasteiger charge is 2.41. The van der Waals surface area contributed by atoms with Crippen LogP contribution in [0.3, 0.4) is 0 Å². The van der Waals surface area contributed by atoms with Gasteiger partial charge in [0, 0.05) is 26.2 Å². The molecule has 1 N–H and O–H groups in total. The predicted octanol–water partition coefficient (Wildman–Crippen LogP) is 2.12. The Bertz CT molecular complexity index is 282. The van der Waals surface area contributed by atoms with Crippen LogP contribution in [0.15, 0.2) is 0 Å². The van der Waals surface area contributed by atoms with Crippen LogP contribution in [0.4, 0.5) is 0 Å². The molecular formula is C15H30N2O. The zero-order valence-corrected chi connectivity index (χ0v) is 12.8. The molecule has 0 spiro atoms. The van der Waals surface area contributed by atoms with Crippen molar-refractivity contribution in [2.45, 2.75) is 52.7 Å². The van der Waals surface area contributed by atoms with Gasteiger partial charge in [-0.2, -0.15) is 0 Å². The van der Waals surface area contributed by atoms with Crippen LogP contribution >= 0.6 is 0 Å². The maximum atomic E-state index is 6.00. The van der Waals surface area contributed by atoms with E-state index in [1.807, 2.05) is 0 Å². The van der Waals surface area contributed by atoms with E-state index in [1.54, 1.807) is 0 Å². The quantitative estimate of drug-likeness (QED) is 0.835. The molecule has 2 aliphatic rings. The van der Waals surface area contributed by atoms with Crippen molar-refractivity contribution in [1.29, 1.82) is 0 Å². The molecule has 18 heavy (non-hydrogen) atoms. The molecule has 0 aromatic carbocycles. The third kappa shape index (κ3) is 3.06. The Balaban J connectivity index is 2.03. The minimum atomic E-state index is 0.00185. The van der Waals surface area contributed by atoms with E-state index >= 15 is 0 Å². The van der Waals surface area contributed by atoms with Gasteiger partial charge in [0.15, 0.2) is 0 Å². The van der Waals surface area contributed by atoms with Gasteiger partial charge in [-0.05, 0) is 45.1 Å². The first-order valence-corrected chi connectivity index (χ1v) is 7.44. The Labute approximate surface area is 112 Å². The summed E-state index contributed by atoms with van der Waals surface area (Å²) in [6.07, 6.45) is 1.67. The van der Waals surface area contributed by atoms with Crippen molar-refractivity contribution in [2.24, 2.45) is 11.3 Å². The lowest BCUT2D eigenvalue weighted by molar-refractivity contribution is -0.136. The van der Waals surface area contributed by atoms with Crippen molar-refractivity contribution < 1.29 is 4.74 Å². The van der Waals surface area contributed by atoms with Gasteiger partial charge in [-0.3, -0.25) is 4.90 Å². The number of nitrogens with zero attached hydrogens (tertiary/aromatic N) is 1. The Kier molecular flexibility index (Phi) is 4.05. The first-order valence-electron chi connectivity index (χ1n) is 7.44. The Morgan fingerprint density at radius 2 is 2.11 bits per heavy atom. The fourth-order valence-electron chi connectivity index (χ4n) is 3.72. The highest BCUT2D eigenvalue weighted by molar-refractivity contribution is 4.95. The van der Waals surface area contributed by atoms with E-state index in [1.165, 1.54) is 26.1 Å². The fourth-order valence-corrected chi connectivity index (χ4v) is 3.72. The second-order valence-corrected chi connectivity index (χ2v) is 7.30. The van der Waals surface area contributed by atoms with E-state index in [0.29, 0.717) is 11.5 Å². The largest absolute Gasteiger partial charge is 0.370 e. The second kappa shape index (κ2) is 5.10. The normalized spacial score (nSPS) is 37.3. The van der Waals surface area contributed by atoms with Crippen molar-refractivity contribution in [3.63, 3.8) is 0 Å². The van der Waals surface area contributed by atoms with E-state index < -0.39 is 0 Å². The van der Waals surface area contributed by atoms with Crippen LogP contribution in [0.2, 0.25) is 0 Å². The molecule has 0 bridgehead atoms. The number of hydrogen-bond acceptors (Lipinski definition) is 3. The molecule has 0 aliphatic carbocycles. The summed E-state index contributed by atoms with van der Waals surface area (Å²) in [5.41, 5.74) is 0.467. The molecule has 0 radical (unpaired) electrons. The molecule has 3 nitrogen and oxygen atoms in total. The Morgan fingerprint density at radius 1 is 1.39 bits per heavy atom. The smallest absolute Gasteiger partial charge is 0.0757 e. The van der Waals surface area contributed by atoms with Crippen LogP contribution in [-0.4, -0.2) is 49.3 Å². The number of rotatable bonds is 3. The van der Waals surface area contributed by atoms with Gasteiger partial charge in [0.25, 0.3) is 0 Å². The van der Waals surface area contributed by atoms with Gasteiger partial charge in [-0.25, -0.2) is 0 Å². The molecule has 0 aromatic rings. The average molecular weight is 254 g/mol. The van der Waals surface area contributed by atoms with E-state index in [9.17, 15) is 0 Å². The molecule has 2 saturated heterocycles. The zero-order chi connectivity index (χ0) is 13.4. The standard InChI is InChI=1S/C15H30N2O/c1-12(2)15(6-7-16-9-15)11-17-8-13(3)18-14(4,5)10-17/h12-13,16H,6-11H2,1-5H3. The fraction of sp³-hybridized carbons (Fsp3) is 1.00. The molecule has 2 aliphatic heterocycles. The SMILES string of the molecule is CC1CN(CC2(C(C)C)CCNC2)CC(C)(C)O1. The van der Waals surface area contributed by atoms with Crippen molar-refractivity contribution in [1.82, 2.24) is 10.2 Å². The molecule has 106 valence electrons. The van der Waals surface area contributed by atoms with Crippen LogP contribution in [0.1, 0.15) is 41.0 Å². The van der Waals surface area contributed by atoms with Gasteiger partial charge < -0.3 is 10.1 Å². The summed E-state index contributed by atoms with van der Waals surface area (Å²) in [7, 11) is 0. The summed E-state index contributed by atoms with van der Waals surface area (Å²) in [4.78, 5) is 2.63. The van der Waals surface area contributed by atoms with E-state index in [-0.39, 0.29) is 5.60 Å². The third-order valence-corrected chi connectivity index (χ3v) is 4.68. The van der Waals surface area contributed by atoms with Crippen molar-refractivity contribution >= 4 is 0 Å². The average Bonchev–Trinajstić information content (AvgIpc) is 2.63. The Morgan fingerprint density at radius 3 is 2.61 bits per heavy atom. The van der Waals surface area contributed by atoms with Crippen molar-refractivity contribution in [3.8, 4) is 0 Å². The number of ether oxygens (including phenoxy) is 1. The van der Waals surface area contributed by atoms with Gasteiger partial charge in [-0.1, -0.05) is 13.8 Å². The molecule has 0 aromatic heterocycles. The van der Waals surface area contributed by atoms with E-state index in [2.05, 4.69) is 44.8 Å². The maximum Gasteiger partial charge on any atom is 0.0757 e. The highest BCUT2D eigenvalue weighted by Crippen LogP contribution is 2.36. The van der Waals surface area contributed by atoms with Crippen LogP contribution < -0.4 is 5.32 Å². The zero-order valence-electron chi connectivity index (χ0n) is 12.8. The van der Waals surface area contributed by atoms with Gasteiger partial charge in [-0.15, -0.1) is 0 Å². The monoisotopic (exact) mass is 254 g/mol. The number of morpholine rings is 1. The lowest BCUT2D eigenvalue weighted by Crippen LogP contribution is -2.55. The second-order valence-electron chi connectivity index (χ2n) is 7.30. The molecule has 2 fully saturated rings. The minimum Gasteiger partial charge on any atom is -0.370 e. The third-order valence-electron chi connectivity index (χ3n) is 4.68. The lowest BCUT2D eigenvalue weighted by Gasteiger charge is -2.46. The maximum absolute atomic E-state index is 6.00. The van der Waals surface area contributed by atoms with Crippen LogP contribution in [-0.2, 0) is 4.74 Å². The molecule has 0 amide bonds. The predicted molar refractivity (Wildman–Crippen MR) is 75.8 cm³/mol. The summed E-state index contributed by atoms with van der Waals surface area (Å²) < 4.78 is 6.00. The topological polar surface area (TPSA) is 24.5 Å². The van der Waals surface area contributed by atoms with Gasteiger partial charge >= 0.3 is 0 Å². The molecule has 2 atom stereocenters. The lowest BCUT2D eigenvalue weighted by atomic mass is 9.75. The first-order chi connectivity index (χ1) is 8.33. The Hall–Kier alpha value is -0.120. The van der Waals surface area contributed by atoms with Crippen molar-refractivity contribution in [3.05, 3.63) is 0 Å². The van der Waals surface area contributed by atoms with Crippen molar-refractivity contribution in [2.75, 3.05) is 32.7 Å². The van der Waals surface area contributed by atoms with Crippen LogP contribution in [0.5, 0.6) is 0 Å². The summed E-state index contributed by atoms with van der Waals surface area (Å²) in [6.45, 7) is 17.1. The molecule has 2 rings (SSSR count). The summed E-state index contributed by atoms with van der Waals surface area (Å²) in [5, 5.41) is 3.56. The molecular weight excluding hydrogens is 224 g/mol. The summed E-state index contributed by atoms with van der Waals surface area (Å²) >= 11 is 0. The van der Waals surface area contributed by atoms with Crippen LogP contribution in [0, 0.1) is 11.3 Å². The first kappa shape index (κ1) is 14.3.